The quantitative estimate of drug-likeness (QED) is 0.791. The molecule has 0 spiro atoms. The molecule has 1 aliphatic heterocycles. The molecule has 1 saturated heterocycles. The Balaban J connectivity index is 1.68. The van der Waals surface area contributed by atoms with Crippen LogP contribution in [0.3, 0.4) is 0 Å². The van der Waals surface area contributed by atoms with Crippen LogP contribution in [0.15, 0.2) is 12.4 Å². The van der Waals surface area contributed by atoms with Gasteiger partial charge in [0.25, 0.3) is 0 Å². The molecule has 0 aliphatic carbocycles. The molecule has 78 valence electrons. The van der Waals surface area contributed by atoms with Crippen LogP contribution in [-0.2, 0) is 6.42 Å². The van der Waals surface area contributed by atoms with E-state index in [1.54, 1.807) is 0 Å². The van der Waals surface area contributed by atoms with Gasteiger partial charge in [-0.2, -0.15) is 11.8 Å². The van der Waals surface area contributed by atoms with E-state index >= 15 is 0 Å². The Kier molecular flexibility index (Phi) is 3.48. The van der Waals surface area contributed by atoms with E-state index in [1.165, 1.54) is 12.2 Å². The molecule has 0 radical (unpaired) electrons. The average molecular weight is 211 g/mol. The summed E-state index contributed by atoms with van der Waals surface area (Å²) in [6.07, 6.45) is 6.00. The summed E-state index contributed by atoms with van der Waals surface area (Å²) < 4.78 is 0. The van der Waals surface area contributed by atoms with E-state index in [9.17, 15) is 0 Å². The Morgan fingerprint density at radius 3 is 3.29 bits per heavy atom. The van der Waals surface area contributed by atoms with Crippen LogP contribution in [0, 0.1) is 0 Å². The first-order valence-corrected chi connectivity index (χ1v) is 6.24. The third-order valence-corrected chi connectivity index (χ3v) is 4.03. The fourth-order valence-corrected chi connectivity index (χ4v) is 3.04. The molecule has 1 aromatic rings. The van der Waals surface area contributed by atoms with Crippen molar-refractivity contribution in [1.82, 2.24) is 15.3 Å². The summed E-state index contributed by atoms with van der Waals surface area (Å²) in [6, 6.07) is 0.704. The lowest BCUT2D eigenvalue weighted by Crippen LogP contribution is -2.34. The fraction of sp³-hybridized carbons (Fsp3) is 0.700. The van der Waals surface area contributed by atoms with E-state index in [0.29, 0.717) is 6.04 Å². The van der Waals surface area contributed by atoms with E-state index in [2.05, 4.69) is 34.0 Å². The van der Waals surface area contributed by atoms with Crippen molar-refractivity contribution in [2.45, 2.75) is 31.1 Å². The number of nitrogens with zero attached hydrogens (tertiary/aromatic N) is 1. The molecule has 0 bridgehead atoms. The smallest absolute Gasteiger partial charge is 0.107 e. The van der Waals surface area contributed by atoms with Crippen LogP contribution in [0.2, 0.25) is 0 Å². The third-order valence-electron chi connectivity index (χ3n) is 2.70. The van der Waals surface area contributed by atoms with E-state index < -0.39 is 0 Å². The molecule has 0 aromatic carbocycles. The standard InChI is InChI=1S/C10H17N3S/c1-8-9(3-7-14-8)11-4-2-10-12-5-6-13-10/h5-6,8-9,11H,2-4,7H2,1H3,(H,12,13). The minimum absolute atomic E-state index is 0.704. The van der Waals surface area contributed by atoms with Gasteiger partial charge in [0.15, 0.2) is 0 Å². The fourth-order valence-electron chi connectivity index (χ4n) is 1.81. The van der Waals surface area contributed by atoms with Crippen LogP contribution in [0.5, 0.6) is 0 Å². The molecule has 2 atom stereocenters. The second-order valence-electron chi connectivity index (χ2n) is 3.71. The van der Waals surface area contributed by atoms with Crippen LogP contribution < -0.4 is 5.32 Å². The van der Waals surface area contributed by atoms with Crippen molar-refractivity contribution >= 4 is 11.8 Å². The Morgan fingerprint density at radius 2 is 2.64 bits per heavy atom. The predicted molar refractivity (Wildman–Crippen MR) is 60.6 cm³/mol. The van der Waals surface area contributed by atoms with Gasteiger partial charge in [-0.3, -0.25) is 0 Å². The molecule has 3 nitrogen and oxygen atoms in total. The summed E-state index contributed by atoms with van der Waals surface area (Å²) >= 11 is 2.07. The molecule has 2 N–H and O–H groups in total. The molecular weight excluding hydrogens is 194 g/mol. The number of thioether (sulfide) groups is 1. The SMILES string of the molecule is CC1SCCC1NCCc1ncc[nH]1. The van der Waals surface area contributed by atoms with Gasteiger partial charge in [-0.15, -0.1) is 0 Å². The van der Waals surface area contributed by atoms with Gasteiger partial charge in [-0.1, -0.05) is 6.92 Å². The number of imidazole rings is 1. The molecule has 2 rings (SSSR count). The first kappa shape index (κ1) is 10.1. The van der Waals surface area contributed by atoms with Crippen molar-refractivity contribution in [3.05, 3.63) is 18.2 Å². The van der Waals surface area contributed by atoms with E-state index in [-0.39, 0.29) is 0 Å². The van der Waals surface area contributed by atoms with Gasteiger partial charge in [0.1, 0.15) is 5.82 Å². The highest BCUT2D eigenvalue weighted by atomic mass is 32.2. The molecule has 1 fully saturated rings. The Hall–Kier alpha value is -0.480. The van der Waals surface area contributed by atoms with Crippen molar-refractivity contribution < 1.29 is 0 Å². The predicted octanol–water partition coefficient (Wildman–Crippen LogP) is 1.44. The van der Waals surface area contributed by atoms with Gasteiger partial charge in [-0.05, 0) is 12.2 Å². The van der Waals surface area contributed by atoms with E-state index in [1.807, 2.05) is 12.4 Å². The largest absolute Gasteiger partial charge is 0.349 e. The average Bonchev–Trinajstić information content (AvgIpc) is 2.78. The lowest BCUT2D eigenvalue weighted by atomic mass is 10.1. The van der Waals surface area contributed by atoms with Crippen LogP contribution in [0.25, 0.3) is 0 Å². The molecule has 2 unspecified atom stereocenters. The number of H-pyrrole nitrogens is 1. The van der Waals surface area contributed by atoms with Crippen LogP contribution in [0.4, 0.5) is 0 Å². The van der Waals surface area contributed by atoms with E-state index in [4.69, 9.17) is 0 Å². The van der Waals surface area contributed by atoms with Gasteiger partial charge in [0.2, 0.25) is 0 Å². The zero-order valence-corrected chi connectivity index (χ0v) is 9.31. The second kappa shape index (κ2) is 4.84. The van der Waals surface area contributed by atoms with Gasteiger partial charge in [0.05, 0.1) is 0 Å². The molecular formula is C10H17N3S. The molecule has 1 aromatic heterocycles. The maximum atomic E-state index is 4.20. The molecule has 4 heteroatoms. The molecule has 14 heavy (non-hydrogen) atoms. The van der Waals surface area contributed by atoms with Gasteiger partial charge in [-0.25, -0.2) is 4.98 Å². The number of hydrogen-bond donors (Lipinski definition) is 2. The maximum absolute atomic E-state index is 4.20. The van der Waals surface area contributed by atoms with Crippen LogP contribution in [-0.4, -0.2) is 33.6 Å². The first-order valence-electron chi connectivity index (χ1n) is 5.19. The first-order chi connectivity index (χ1) is 6.86. The summed E-state index contributed by atoms with van der Waals surface area (Å²) in [5.41, 5.74) is 0. The highest BCUT2D eigenvalue weighted by molar-refractivity contribution is 8.00. The van der Waals surface area contributed by atoms with Crippen molar-refractivity contribution in [3.63, 3.8) is 0 Å². The Bertz CT molecular complexity index is 260. The topological polar surface area (TPSA) is 40.7 Å². The Morgan fingerprint density at radius 1 is 1.71 bits per heavy atom. The maximum Gasteiger partial charge on any atom is 0.107 e. The number of aromatic nitrogens is 2. The minimum Gasteiger partial charge on any atom is -0.349 e. The summed E-state index contributed by atoms with van der Waals surface area (Å²) in [5.74, 6) is 2.38. The zero-order valence-electron chi connectivity index (χ0n) is 8.49. The van der Waals surface area contributed by atoms with Crippen LogP contribution >= 0.6 is 11.8 Å². The highest BCUT2D eigenvalue weighted by Gasteiger charge is 2.22. The summed E-state index contributed by atoms with van der Waals surface area (Å²) in [6.45, 7) is 3.34. The lowest BCUT2D eigenvalue weighted by molar-refractivity contribution is 0.513. The summed E-state index contributed by atoms with van der Waals surface area (Å²) in [5, 5.41) is 4.36. The molecule has 0 saturated carbocycles. The highest BCUT2D eigenvalue weighted by Crippen LogP contribution is 2.25. The summed E-state index contributed by atoms with van der Waals surface area (Å²) in [4.78, 5) is 7.32. The van der Waals surface area contributed by atoms with Gasteiger partial charge < -0.3 is 10.3 Å². The van der Waals surface area contributed by atoms with Crippen molar-refractivity contribution in [1.29, 1.82) is 0 Å². The zero-order chi connectivity index (χ0) is 9.80. The molecule has 1 aliphatic rings. The van der Waals surface area contributed by atoms with Gasteiger partial charge in [0, 0.05) is 36.7 Å². The second-order valence-corrected chi connectivity index (χ2v) is 5.20. The Labute approximate surface area is 89.1 Å². The molecule has 2 heterocycles. The molecule has 0 amide bonds. The van der Waals surface area contributed by atoms with Crippen molar-refractivity contribution in [3.8, 4) is 0 Å². The van der Waals surface area contributed by atoms with E-state index in [0.717, 1.165) is 24.0 Å². The van der Waals surface area contributed by atoms with Crippen LogP contribution in [0.1, 0.15) is 19.2 Å². The van der Waals surface area contributed by atoms with Crippen molar-refractivity contribution in [2.75, 3.05) is 12.3 Å². The number of rotatable bonds is 4. The van der Waals surface area contributed by atoms with Gasteiger partial charge >= 0.3 is 0 Å². The summed E-state index contributed by atoms with van der Waals surface area (Å²) in [7, 11) is 0. The minimum atomic E-state index is 0.704. The number of hydrogen-bond acceptors (Lipinski definition) is 3. The number of aromatic amines is 1. The lowest BCUT2D eigenvalue weighted by Gasteiger charge is -2.15. The monoisotopic (exact) mass is 211 g/mol. The third kappa shape index (κ3) is 2.51. The van der Waals surface area contributed by atoms with Crippen molar-refractivity contribution in [2.24, 2.45) is 0 Å². The number of nitrogens with one attached hydrogen (secondary N) is 2. The normalized spacial score (nSPS) is 26.9.